The number of aromatic nitrogens is 2. The molecule has 5 heteroatoms. The molecule has 1 aromatic rings. The first kappa shape index (κ1) is 10.6. The van der Waals surface area contributed by atoms with Gasteiger partial charge in [0, 0.05) is 18.9 Å². The fraction of sp³-hybridized carbons (Fsp3) is 0.600. The standard InChI is InChI=1S/C10H16N4S/c11-10(15)9-3-1-5-13(9)7-8-14-6-2-4-12-14/h2,4,6,9H,1,3,5,7-8H2,(H2,11,15). The van der Waals surface area contributed by atoms with Crippen molar-refractivity contribution >= 4 is 17.2 Å². The maximum atomic E-state index is 5.70. The molecule has 2 rings (SSSR count). The maximum Gasteiger partial charge on any atom is 0.0902 e. The average Bonchev–Trinajstić information content (AvgIpc) is 2.86. The van der Waals surface area contributed by atoms with E-state index in [1.807, 2.05) is 16.9 Å². The van der Waals surface area contributed by atoms with Crippen LogP contribution in [0.4, 0.5) is 0 Å². The normalized spacial score (nSPS) is 22.0. The van der Waals surface area contributed by atoms with E-state index in [4.69, 9.17) is 18.0 Å². The van der Waals surface area contributed by atoms with Crippen LogP contribution in [0.2, 0.25) is 0 Å². The minimum absolute atomic E-state index is 0.301. The number of hydrogen-bond donors (Lipinski definition) is 1. The van der Waals surface area contributed by atoms with Crippen LogP contribution in [0, 0.1) is 0 Å². The molecule has 1 atom stereocenters. The summed E-state index contributed by atoms with van der Waals surface area (Å²) in [6.07, 6.45) is 6.08. The van der Waals surface area contributed by atoms with Crippen molar-refractivity contribution < 1.29 is 0 Å². The van der Waals surface area contributed by atoms with E-state index < -0.39 is 0 Å². The van der Waals surface area contributed by atoms with Crippen LogP contribution < -0.4 is 5.73 Å². The van der Waals surface area contributed by atoms with Crippen molar-refractivity contribution in [2.45, 2.75) is 25.4 Å². The molecule has 15 heavy (non-hydrogen) atoms. The Hall–Kier alpha value is -0.940. The molecule has 0 aromatic carbocycles. The highest BCUT2D eigenvalue weighted by atomic mass is 32.1. The average molecular weight is 224 g/mol. The molecule has 2 N–H and O–H groups in total. The summed E-state index contributed by atoms with van der Waals surface area (Å²) in [6, 6.07) is 2.24. The molecule has 0 saturated carbocycles. The molecule has 82 valence electrons. The van der Waals surface area contributed by atoms with Gasteiger partial charge in [0.25, 0.3) is 0 Å². The summed E-state index contributed by atoms with van der Waals surface area (Å²) in [7, 11) is 0. The van der Waals surface area contributed by atoms with Crippen LogP contribution in [0.5, 0.6) is 0 Å². The number of hydrogen-bond acceptors (Lipinski definition) is 3. The van der Waals surface area contributed by atoms with Gasteiger partial charge in [0.2, 0.25) is 0 Å². The van der Waals surface area contributed by atoms with Gasteiger partial charge >= 0.3 is 0 Å². The smallest absolute Gasteiger partial charge is 0.0902 e. The molecular formula is C10H16N4S. The summed E-state index contributed by atoms with van der Waals surface area (Å²) in [5.41, 5.74) is 5.70. The van der Waals surface area contributed by atoms with Gasteiger partial charge in [-0.15, -0.1) is 0 Å². The second-order valence-corrected chi connectivity index (χ2v) is 4.34. The monoisotopic (exact) mass is 224 g/mol. The van der Waals surface area contributed by atoms with Crippen LogP contribution in [-0.2, 0) is 6.54 Å². The number of likely N-dealkylation sites (tertiary alicyclic amines) is 1. The summed E-state index contributed by atoms with van der Waals surface area (Å²) in [6.45, 7) is 2.99. The zero-order valence-corrected chi connectivity index (χ0v) is 9.49. The van der Waals surface area contributed by atoms with Crippen LogP contribution in [0.15, 0.2) is 18.5 Å². The van der Waals surface area contributed by atoms with Crippen molar-refractivity contribution in [3.8, 4) is 0 Å². The zero-order chi connectivity index (χ0) is 10.7. The first-order valence-corrected chi connectivity index (χ1v) is 5.69. The molecule has 0 radical (unpaired) electrons. The Kier molecular flexibility index (Phi) is 3.33. The molecule has 1 fully saturated rings. The molecule has 4 nitrogen and oxygen atoms in total. The summed E-state index contributed by atoms with van der Waals surface area (Å²) in [5.74, 6) is 0. The predicted octanol–water partition coefficient (Wildman–Crippen LogP) is 0.634. The SMILES string of the molecule is NC(=S)C1CCCN1CCn1cccn1. The summed E-state index contributed by atoms with van der Waals surface area (Å²) < 4.78 is 1.94. The Balaban J connectivity index is 1.86. The van der Waals surface area contributed by atoms with Crippen molar-refractivity contribution in [2.24, 2.45) is 5.73 Å². The van der Waals surface area contributed by atoms with Gasteiger partial charge in [0.1, 0.15) is 0 Å². The molecule has 0 bridgehead atoms. The van der Waals surface area contributed by atoms with Crippen molar-refractivity contribution in [2.75, 3.05) is 13.1 Å². The molecule has 0 amide bonds. The van der Waals surface area contributed by atoms with Gasteiger partial charge in [-0.25, -0.2) is 0 Å². The largest absolute Gasteiger partial charge is 0.392 e. The van der Waals surface area contributed by atoms with E-state index in [1.165, 1.54) is 6.42 Å². The fourth-order valence-electron chi connectivity index (χ4n) is 2.08. The van der Waals surface area contributed by atoms with E-state index in [0.29, 0.717) is 11.0 Å². The first-order valence-electron chi connectivity index (χ1n) is 5.28. The van der Waals surface area contributed by atoms with Gasteiger partial charge in [-0.2, -0.15) is 5.10 Å². The van der Waals surface area contributed by atoms with Gasteiger partial charge in [-0.1, -0.05) is 12.2 Å². The third-order valence-electron chi connectivity index (χ3n) is 2.87. The molecule has 2 heterocycles. The summed E-state index contributed by atoms with van der Waals surface area (Å²) >= 11 is 5.06. The molecule has 1 aromatic heterocycles. The highest BCUT2D eigenvalue weighted by molar-refractivity contribution is 7.80. The minimum atomic E-state index is 0.301. The number of nitrogens with zero attached hydrogens (tertiary/aromatic N) is 3. The Labute approximate surface area is 95.0 Å². The third kappa shape index (κ3) is 2.54. The summed E-state index contributed by atoms with van der Waals surface area (Å²) in [5, 5.41) is 4.17. The molecular weight excluding hydrogens is 208 g/mol. The van der Waals surface area contributed by atoms with Gasteiger partial charge in [0.05, 0.1) is 17.6 Å². The van der Waals surface area contributed by atoms with Crippen molar-refractivity contribution in [3.05, 3.63) is 18.5 Å². The molecule has 1 unspecified atom stereocenters. The maximum absolute atomic E-state index is 5.70. The molecule has 1 aliphatic heterocycles. The lowest BCUT2D eigenvalue weighted by atomic mass is 10.2. The summed E-state index contributed by atoms with van der Waals surface area (Å²) in [4.78, 5) is 2.98. The lowest BCUT2D eigenvalue weighted by Crippen LogP contribution is -2.40. The zero-order valence-electron chi connectivity index (χ0n) is 8.67. The minimum Gasteiger partial charge on any atom is -0.392 e. The van der Waals surface area contributed by atoms with Crippen LogP contribution in [0.1, 0.15) is 12.8 Å². The number of thiocarbonyl (C=S) groups is 1. The van der Waals surface area contributed by atoms with Crippen molar-refractivity contribution in [1.82, 2.24) is 14.7 Å². The topological polar surface area (TPSA) is 47.1 Å². The molecule has 0 aliphatic carbocycles. The Morgan fingerprint density at radius 1 is 1.53 bits per heavy atom. The van der Waals surface area contributed by atoms with Crippen molar-refractivity contribution in [3.63, 3.8) is 0 Å². The van der Waals surface area contributed by atoms with Crippen LogP contribution in [0.3, 0.4) is 0 Å². The van der Waals surface area contributed by atoms with Gasteiger partial charge in [-0.3, -0.25) is 9.58 Å². The molecule has 1 aliphatic rings. The second kappa shape index (κ2) is 4.72. The Morgan fingerprint density at radius 3 is 3.07 bits per heavy atom. The molecule has 0 spiro atoms. The molecule has 1 saturated heterocycles. The van der Waals surface area contributed by atoms with E-state index in [2.05, 4.69) is 10.00 Å². The van der Waals surface area contributed by atoms with E-state index in [1.54, 1.807) is 6.20 Å². The van der Waals surface area contributed by atoms with Crippen molar-refractivity contribution in [1.29, 1.82) is 0 Å². The van der Waals surface area contributed by atoms with Crippen LogP contribution >= 0.6 is 12.2 Å². The lowest BCUT2D eigenvalue weighted by molar-refractivity contribution is 0.284. The van der Waals surface area contributed by atoms with E-state index in [0.717, 1.165) is 26.1 Å². The van der Waals surface area contributed by atoms with E-state index in [9.17, 15) is 0 Å². The lowest BCUT2D eigenvalue weighted by Gasteiger charge is -2.23. The second-order valence-electron chi connectivity index (χ2n) is 3.87. The third-order valence-corrected chi connectivity index (χ3v) is 3.14. The first-order chi connectivity index (χ1) is 7.27. The predicted molar refractivity (Wildman–Crippen MR) is 63.6 cm³/mol. The van der Waals surface area contributed by atoms with Crippen LogP contribution in [0.25, 0.3) is 0 Å². The quantitative estimate of drug-likeness (QED) is 0.762. The van der Waals surface area contributed by atoms with Crippen LogP contribution in [-0.4, -0.2) is 38.8 Å². The van der Waals surface area contributed by atoms with E-state index in [-0.39, 0.29) is 0 Å². The van der Waals surface area contributed by atoms with Gasteiger partial charge in [-0.05, 0) is 25.5 Å². The highest BCUT2D eigenvalue weighted by Gasteiger charge is 2.25. The number of rotatable bonds is 4. The Morgan fingerprint density at radius 2 is 2.40 bits per heavy atom. The van der Waals surface area contributed by atoms with Gasteiger partial charge in [0.15, 0.2) is 0 Å². The van der Waals surface area contributed by atoms with E-state index >= 15 is 0 Å². The van der Waals surface area contributed by atoms with Gasteiger partial charge < -0.3 is 5.73 Å². The fourth-order valence-corrected chi connectivity index (χ4v) is 2.35. The highest BCUT2D eigenvalue weighted by Crippen LogP contribution is 2.16. The Bertz CT molecular complexity index is 322. The number of nitrogens with two attached hydrogens (primary N) is 1.